The van der Waals surface area contributed by atoms with Gasteiger partial charge in [-0.25, -0.2) is 9.48 Å². The summed E-state index contributed by atoms with van der Waals surface area (Å²) in [6.07, 6.45) is 1.50. The number of aromatic nitrogens is 3. The Morgan fingerprint density at radius 2 is 2.25 bits per heavy atom. The van der Waals surface area contributed by atoms with Crippen LogP contribution in [0.4, 0.5) is 0 Å². The lowest BCUT2D eigenvalue weighted by Gasteiger charge is -2.38. The summed E-state index contributed by atoms with van der Waals surface area (Å²) in [5.74, 6) is -1.03. The number of thiophene rings is 1. The van der Waals surface area contributed by atoms with E-state index in [0.29, 0.717) is 0 Å². The average Bonchev–Trinajstić information content (AvgIpc) is 2.90. The number of rotatable bonds is 4. The molecule has 0 saturated carbocycles. The summed E-state index contributed by atoms with van der Waals surface area (Å²) in [7, 11) is 0. The molecule has 106 valence electrons. The van der Waals surface area contributed by atoms with Gasteiger partial charge in [0.05, 0.1) is 12.2 Å². The van der Waals surface area contributed by atoms with Gasteiger partial charge in [0.25, 0.3) is 0 Å². The van der Waals surface area contributed by atoms with Crippen LogP contribution in [0, 0.1) is 13.8 Å². The van der Waals surface area contributed by atoms with Crippen LogP contribution in [0.15, 0.2) is 12.3 Å². The quantitative estimate of drug-likeness (QED) is 0.929. The fourth-order valence-electron chi connectivity index (χ4n) is 2.47. The van der Waals surface area contributed by atoms with Crippen molar-refractivity contribution in [1.82, 2.24) is 19.9 Å². The fraction of sp³-hybridized carbons (Fsp3) is 0.462. The fourth-order valence-corrected chi connectivity index (χ4v) is 3.41. The summed E-state index contributed by atoms with van der Waals surface area (Å²) in [5.41, 5.74) is 1.39. The number of carboxylic acid groups (broad SMARTS) is 1. The van der Waals surface area contributed by atoms with Crippen molar-refractivity contribution in [3.05, 3.63) is 33.3 Å². The Kier molecular flexibility index (Phi) is 3.31. The van der Waals surface area contributed by atoms with E-state index >= 15 is 0 Å². The van der Waals surface area contributed by atoms with Crippen molar-refractivity contribution in [3.8, 4) is 0 Å². The SMILES string of the molecule is Cc1cc(CN2CC(n3cc(C(=O)O)nn3)C2)c(C)s1. The average molecular weight is 292 g/mol. The van der Waals surface area contributed by atoms with Crippen molar-refractivity contribution in [1.29, 1.82) is 0 Å². The van der Waals surface area contributed by atoms with E-state index in [1.807, 2.05) is 11.3 Å². The summed E-state index contributed by atoms with van der Waals surface area (Å²) in [5, 5.41) is 16.4. The van der Waals surface area contributed by atoms with Gasteiger partial charge in [-0.05, 0) is 25.5 Å². The second-order valence-electron chi connectivity index (χ2n) is 5.18. The Morgan fingerprint density at radius 1 is 1.50 bits per heavy atom. The predicted molar refractivity (Wildman–Crippen MR) is 75.1 cm³/mol. The second-order valence-corrected chi connectivity index (χ2v) is 6.64. The monoisotopic (exact) mass is 292 g/mol. The lowest BCUT2D eigenvalue weighted by Crippen LogP contribution is -2.47. The van der Waals surface area contributed by atoms with E-state index in [0.717, 1.165) is 19.6 Å². The van der Waals surface area contributed by atoms with Gasteiger partial charge in [0.2, 0.25) is 0 Å². The lowest BCUT2D eigenvalue weighted by atomic mass is 10.1. The first-order valence-electron chi connectivity index (χ1n) is 6.46. The molecule has 1 aliphatic rings. The normalized spacial score (nSPS) is 16.3. The van der Waals surface area contributed by atoms with E-state index in [9.17, 15) is 4.79 Å². The molecular weight excluding hydrogens is 276 g/mol. The van der Waals surface area contributed by atoms with Crippen LogP contribution in [0.25, 0.3) is 0 Å². The molecule has 1 saturated heterocycles. The highest BCUT2D eigenvalue weighted by atomic mass is 32.1. The van der Waals surface area contributed by atoms with E-state index in [-0.39, 0.29) is 11.7 Å². The van der Waals surface area contributed by atoms with Gasteiger partial charge < -0.3 is 5.11 Å². The molecule has 0 unspecified atom stereocenters. The maximum absolute atomic E-state index is 10.8. The number of carbonyl (C=O) groups is 1. The molecule has 0 aromatic carbocycles. The summed E-state index contributed by atoms with van der Waals surface area (Å²) in [4.78, 5) is 15.8. The maximum Gasteiger partial charge on any atom is 0.358 e. The number of carboxylic acids is 1. The van der Waals surface area contributed by atoms with E-state index in [1.54, 1.807) is 4.68 Å². The third-order valence-corrected chi connectivity index (χ3v) is 4.59. The van der Waals surface area contributed by atoms with Crippen LogP contribution in [0.2, 0.25) is 0 Å². The van der Waals surface area contributed by atoms with Crippen LogP contribution in [0.1, 0.15) is 31.8 Å². The minimum atomic E-state index is -1.03. The highest BCUT2D eigenvalue weighted by molar-refractivity contribution is 7.12. The molecule has 20 heavy (non-hydrogen) atoms. The van der Waals surface area contributed by atoms with Gasteiger partial charge in [0.15, 0.2) is 5.69 Å². The lowest BCUT2D eigenvalue weighted by molar-refractivity contribution is 0.0690. The largest absolute Gasteiger partial charge is 0.476 e. The van der Waals surface area contributed by atoms with Crippen molar-refractivity contribution in [3.63, 3.8) is 0 Å². The number of hydrogen-bond acceptors (Lipinski definition) is 5. The van der Waals surface area contributed by atoms with Crippen molar-refractivity contribution >= 4 is 17.3 Å². The van der Waals surface area contributed by atoms with Crippen molar-refractivity contribution < 1.29 is 9.90 Å². The topological polar surface area (TPSA) is 71.2 Å². The Balaban J connectivity index is 1.58. The number of likely N-dealkylation sites (tertiary alicyclic amines) is 1. The molecule has 0 aliphatic carbocycles. The Bertz CT molecular complexity index is 643. The third-order valence-electron chi connectivity index (χ3n) is 3.58. The molecule has 6 nitrogen and oxygen atoms in total. The van der Waals surface area contributed by atoms with Crippen molar-refractivity contribution in [2.45, 2.75) is 26.4 Å². The van der Waals surface area contributed by atoms with Crippen LogP contribution in [0.3, 0.4) is 0 Å². The molecule has 1 fully saturated rings. The first kappa shape index (κ1) is 13.3. The molecule has 0 amide bonds. The molecule has 7 heteroatoms. The molecule has 0 bridgehead atoms. The zero-order valence-corrected chi connectivity index (χ0v) is 12.2. The minimum Gasteiger partial charge on any atom is -0.476 e. The van der Waals surface area contributed by atoms with Crippen molar-refractivity contribution in [2.24, 2.45) is 0 Å². The second kappa shape index (κ2) is 4.99. The van der Waals surface area contributed by atoms with Crippen LogP contribution < -0.4 is 0 Å². The molecule has 0 atom stereocenters. The molecule has 1 N–H and O–H groups in total. The number of aromatic carboxylic acids is 1. The Hall–Kier alpha value is -1.73. The van der Waals surface area contributed by atoms with Crippen LogP contribution in [-0.4, -0.2) is 44.1 Å². The zero-order valence-electron chi connectivity index (χ0n) is 11.4. The predicted octanol–water partition coefficient (Wildman–Crippen LogP) is 1.71. The van der Waals surface area contributed by atoms with Gasteiger partial charge in [0, 0.05) is 29.4 Å². The van der Waals surface area contributed by atoms with Gasteiger partial charge in [0.1, 0.15) is 0 Å². The van der Waals surface area contributed by atoms with E-state index in [2.05, 4.69) is 35.1 Å². The van der Waals surface area contributed by atoms with E-state index in [4.69, 9.17) is 5.11 Å². The smallest absolute Gasteiger partial charge is 0.358 e. The molecule has 3 heterocycles. The maximum atomic E-state index is 10.8. The third kappa shape index (κ3) is 2.46. The Morgan fingerprint density at radius 3 is 2.80 bits per heavy atom. The number of aryl methyl sites for hydroxylation is 2. The van der Waals surface area contributed by atoms with Crippen molar-refractivity contribution in [2.75, 3.05) is 13.1 Å². The van der Waals surface area contributed by atoms with Gasteiger partial charge in [-0.3, -0.25) is 4.90 Å². The van der Waals surface area contributed by atoms with Gasteiger partial charge in [-0.1, -0.05) is 5.21 Å². The summed E-state index contributed by atoms with van der Waals surface area (Å²) >= 11 is 1.83. The van der Waals surface area contributed by atoms with Crippen LogP contribution in [-0.2, 0) is 6.54 Å². The zero-order chi connectivity index (χ0) is 14.3. The standard InChI is InChI=1S/C13H16N4O2S/c1-8-3-10(9(2)20-8)4-16-5-11(6-16)17-7-12(13(18)19)14-15-17/h3,7,11H,4-6H2,1-2H3,(H,18,19). The van der Waals surface area contributed by atoms with Gasteiger partial charge in [-0.15, -0.1) is 16.4 Å². The molecule has 3 rings (SSSR count). The molecule has 2 aromatic heterocycles. The Labute approximate surface area is 120 Å². The molecule has 0 spiro atoms. The molecular formula is C13H16N4O2S. The summed E-state index contributed by atoms with van der Waals surface area (Å²) in [6, 6.07) is 2.47. The number of nitrogens with zero attached hydrogens (tertiary/aromatic N) is 4. The minimum absolute atomic E-state index is 0.00718. The highest BCUT2D eigenvalue weighted by Crippen LogP contribution is 2.27. The van der Waals surface area contributed by atoms with Crippen LogP contribution in [0.5, 0.6) is 0 Å². The van der Waals surface area contributed by atoms with E-state index < -0.39 is 5.97 Å². The molecule has 0 radical (unpaired) electrons. The summed E-state index contributed by atoms with van der Waals surface area (Å²) in [6.45, 7) is 7.00. The van der Waals surface area contributed by atoms with E-state index in [1.165, 1.54) is 21.5 Å². The first-order valence-corrected chi connectivity index (χ1v) is 7.28. The molecule has 1 aliphatic heterocycles. The first-order chi connectivity index (χ1) is 9.52. The summed E-state index contributed by atoms with van der Waals surface area (Å²) < 4.78 is 1.66. The van der Waals surface area contributed by atoms with Gasteiger partial charge >= 0.3 is 5.97 Å². The number of hydrogen-bond donors (Lipinski definition) is 1. The van der Waals surface area contributed by atoms with Gasteiger partial charge in [-0.2, -0.15) is 0 Å². The highest BCUT2D eigenvalue weighted by Gasteiger charge is 2.30. The molecule has 2 aromatic rings. The van der Waals surface area contributed by atoms with Crippen LogP contribution >= 0.6 is 11.3 Å².